The minimum absolute atomic E-state index is 0.338. The Balaban J connectivity index is 2.82. The lowest BCUT2D eigenvalue weighted by Crippen LogP contribution is -2.55. The van der Waals surface area contributed by atoms with Gasteiger partial charge in [0.1, 0.15) is 5.69 Å². The highest BCUT2D eigenvalue weighted by Crippen LogP contribution is 2.37. The lowest BCUT2D eigenvalue weighted by Gasteiger charge is -2.29. The molecule has 0 bridgehead atoms. The van der Waals surface area contributed by atoms with Crippen molar-refractivity contribution in [2.24, 2.45) is 0 Å². The highest BCUT2D eigenvalue weighted by atomic mass is 19.4. The second-order valence-electron chi connectivity index (χ2n) is 3.84. The molecule has 2 heterocycles. The van der Waals surface area contributed by atoms with Gasteiger partial charge in [-0.2, -0.15) is 13.2 Å². The van der Waals surface area contributed by atoms with Crippen molar-refractivity contribution in [1.82, 2.24) is 9.88 Å². The minimum Gasteiger partial charge on any atom is -0.394 e. The van der Waals surface area contributed by atoms with E-state index in [1.54, 1.807) is 5.32 Å². The molecule has 1 aliphatic heterocycles. The number of nitrogen functional groups attached to an aromatic ring is 1. The number of rotatable bonds is 0. The van der Waals surface area contributed by atoms with Crippen molar-refractivity contribution in [2.75, 3.05) is 5.73 Å². The third kappa shape index (κ3) is 1.33. The maximum Gasteiger partial charge on any atom is 0.430 e. The maximum atomic E-state index is 12.9. The Kier molecular flexibility index (Phi) is 2.04. The van der Waals surface area contributed by atoms with Crippen molar-refractivity contribution >= 4 is 11.6 Å². The predicted molar refractivity (Wildman–Crippen MR) is 52.3 cm³/mol. The Labute approximate surface area is 93.0 Å². The zero-order valence-corrected chi connectivity index (χ0v) is 8.63. The molecule has 1 aromatic rings. The number of halogens is 3. The van der Waals surface area contributed by atoms with Gasteiger partial charge in [0, 0.05) is 0 Å². The molecule has 0 radical (unpaired) electrons. The summed E-state index contributed by atoms with van der Waals surface area (Å²) >= 11 is 0. The number of nitrogens with zero attached hydrogens (tertiary/aromatic N) is 1. The largest absolute Gasteiger partial charge is 0.430 e. The summed E-state index contributed by atoms with van der Waals surface area (Å²) in [7, 11) is 0. The van der Waals surface area contributed by atoms with E-state index in [0.29, 0.717) is 11.5 Å². The number of alkyl halides is 3. The first-order chi connectivity index (χ1) is 7.68. The third-order valence-corrected chi connectivity index (χ3v) is 2.70. The molecule has 92 valence electrons. The summed E-state index contributed by atoms with van der Waals surface area (Å²) < 4.78 is 39.0. The summed E-state index contributed by atoms with van der Waals surface area (Å²) in [5, 5.41) is 1.75. The van der Waals surface area contributed by atoms with Crippen LogP contribution in [0, 0.1) is 0 Å². The molecular formula is C9H8F3N3O2. The number of amides is 1. The quantitative estimate of drug-likeness (QED) is 0.697. The molecule has 17 heavy (non-hydrogen) atoms. The zero-order chi connectivity index (χ0) is 13.0. The molecule has 0 aromatic carbocycles. The van der Waals surface area contributed by atoms with E-state index in [2.05, 4.69) is 0 Å². The molecular weight excluding hydrogens is 239 g/mol. The predicted octanol–water partition coefficient (Wildman–Crippen LogP) is 0.409. The number of carbonyl (C=O) groups excluding carboxylic acids is 1. The van der Waals surface area contributed by atoms with Crippen LogP contribution < -0.4 is 16.6 Å². The topological polar surface area (TPSA) is 77.1 Å². The van der Waals surface area contributed by atoms with Crippen LogP contribution in [0.15, 0.2) is 16.9 Å². The highest BCUT2D eigenvalue weighted by molar-refractivity contribution is 5.95. The van der Waals surface area contributed by atoms with Gasteiger partial charge in [-0.1, -0.05) is 0 Å². The van der Waals surface area contributed by atoms with Gasteiger partial charge in [0.05, 0.1) is 5.69 Å². The van der Waals surface area contributed by atoms with E-state index in [9.17, 15) is 22.8 Å². The van der Waals surface area contributed by atoms with Crippen LogP contribution in [0.1, 0.15) is 17.4 Å². The molecule has 1 unspecified atom stereocenters. The van der Waals surface area contributed by atoms with Crippen LogP contribution in [-0.2, 0) is 5.66 Å². The lowest BCUT2D eigenvalue weighted by atomic mass is 10.2. The number of fused-ring (bicyclic) bond motifs is 1. The SMILES string of the molecule is CC1(C(F)(F)F)NC(=O)c2ccc(N)c(=O)n21. The van der Waals surface area contributed by atoms with Crippen LogP contribution in [-0.4, -0.2) is 16.7 Å². The Morgan fingerprint density at radius 1 is 1.35 bits per heavy atom. The van der Waals surface area contributed by atoms with E-state index in [-0.39, 0.29) is 11.4 Å². The van der Waals surface area contributed by atoms with Gasteiger partial charge < -0.3 is 11.1 Å². The Morgan fingerprint density at radius 3 is 2.47 bits per heavy atom. The highest BCUT2D eigenvalue weighted by Gasteiger charge is 2.58. The molecule has 2 rings (SSSR count). The van der Waals surface area contributed by atoms with Crippen molar-refractivity contribution in [3.05, 3.63) is 28.2 Å². The van der Waals surface area contributed by atoms with E-state index in [4.69, 9.17) is 5.73 Å². The fourth-order valence-corrected chi connectivity index (χ4v) is 1.71. The van der Waals surface area contributed by atoms with Crippen LogP contribution in [0.3, 0.4) is 0 Å². The summed E-state index contributed by atoms with van der Waals surface area (Å²) in [5.74, 6) is -0.957. The zero-order valence-electron chi connectivity index (χ0n) is 8.63. The molecule has 1 atom stereocenters. The first-order valence-electron chi connectivity index (χ1n) is 4.60. The molecule has 1 amide bonds. The Morgan fingerprint density at radius 2 is 1.94 bits per heavy atom. The van der Waals surface area contributed by atoms with Crippen LogP contribution in [0.2, 0.25) is 0 Å². The Hall–Kier alpha value is -1.99. The number of carbonyl (C=O) groups is 1. The molecule has 0 aliphatic carbocycles. The van der Waals surface area contributed by atoms with Gasteiger partial charge in [-0.15, -0.1) is 0 Å². The maximum absolute atomic E-state index is 12.9. The summed E-state index contributed by atoms with van der Waals surface area (Å²) in [6, 6.07) is 2.19. The van der Waals surface area contributed by atoms with Crippen LogP contribution in [0.5, 0.6) is 0 Å². The van der Waals surface area contributed by atoms with Crippen LogP contribution in [0.4, 0.5) is 18.9 Å². The number of nitrogens with one attached hydrogen (secondary N) is 1. The number of anilines is 1. The number of aromatic nitrogens is 1. The van der Waals surface area contributed by atoms with Gasteiger partial charge in [0.25, 0.3) is 11.5 Å². The average Bonchev–Trinajstić information content (AvgIpc) is 2.45. The molecule has 1 aliphatic rings. The Bertz CT molecular complexity index is 564. The van der Waals surface area contributed by atoms with Gasteiger partial charge in [-0.05, 0) is 19.1 Å². The smallest absolute Gasteiger partial charge is 0.394 e. The standard InChI is InChI=1S/C9H8F3N3O2/c1-8(9(10,11)12)14-6(16)5-3-2-4(13)7(17)15(5)8/h2-3H,13H2,1H3,(H,14,16). The summed E-state index contributed by atoms with van der Waals surface area (Å²) in [6.07, 6.45) is -4.80. The van der Waals surface area contributed by atoms with Crippen molar-refractivity contribution in [2.45, 2.75) is 18.8 Å². The summed E-state index contributed by atoms with van der Waals surface area (Å²) in [4.78, 5) is 23.0. The van der Waals surface area contributed by atoms with E-state index < -0.39 is 23.3 Å². The first-order valence-corrected chi connectivity index (χ1v) is 4.60. The normalized spacial score (nSPS) is 23.4. The number of hydrogen-bond acceptors (Lipinski definition) is 3. The number of nitrogens with two attached hydrogens (primary N) is 1. The van der Waals surface area contributed by atoms with Crippen molar-refractivity contribution in [3.63, 3.8) is 0 Å². The lowest BCUT2D eigenvalue weighted by molar-refractivity contribution is -0.213. The molecule has 1 aromatic heterocycles. The van der Waals surface area contributed by atoms with Gasteiger partial charge in [-0.3, -0.25) is 14.2 Å². The van der Waals surface area contributed by atoms with E-state index >= 15 is 0 Å². The monoisotopic (exact) mass is 247 g/mol. The molecule has 3 N–H and O–H groups in total. The minimum atomic E-state index is -4.80. The molecule has 5 nitrogen and oxygen atoms in total. The van der Waals surface area contributed by atoms with Crippen molar-refractivity contribution in [1.29, 1.82) is 0 Å². The molecule has 0 spiro atoms. The van der Waals surface area contributed by atoms with Crippen LogP contribution in [0.25, 0.3) is 0 Å². The summed E-state index contributed by atoms with van der Waals surface area (Å²) in [6.45, 7) is 0.711. The van der Waals surface area contributed by atoms with Gasteiger partial charge in [-0.25, -0.2) is 0 Å². The number of pyridine rings is 1. The van der Waals surface area contributed by atoms with Crippen molar-refractivity contribution < 1.29 is 18.0 Å². The second kappa shape index (κ2) is 3.02. The van der Waals surface area contributed by atoms with Gasteiger partial charge in [0.2, 0.25) is 5.66 Å². The second-order valence-corrected chi connectivity index (χ2v) is 3.84. The van der Waals surface area contributed by atoms with Crippen molar-refractivity contribution in [3.8, 4) is 0 Å². The fraction of sp³-hybridized carbons (Fsp3) is 0.333. The van der Waals surface area contributed by atoms with Gasteiger partial charge >= 0.3 is 6.18 Å². The third-order valence-electron chi connectivity index (χ3n) is 2.70. The molecule has 0 fully saturated rings. The fourth-order valence-electron chi connectivity index (χ4n) is 1.71. The number of hydrogen-bond donors (Lipinski definition) is 2. The van der Waals surface area contributed by atoms with E-state index in [0.717, 1.165) is 12.1 Å². The average molecular weight is 247 g/mol. The van der Waals surface area contributed by atoms with Crippen LogP contribution >= 0.6 is 0 Å². The molecule has 0 saturated carbocycles. The van der Waals surface area contributed by atoms with E-state index in [1.807, 2.05) is 0 Å². The van der Waals surface area contributed by atoms with E-state index in [1.165, 1.54) is 0 Å². The molecule has 8 heteroatoms. The summed E-state index contributed by atoms with van der Waals surface area (Å²) in [5.41, 5.74) is 0.760. The van der Waals surface area contributed by atoms with Gasteiger partial charge in [0.15, 0.2) is 0 Å². The first kappa shape index (κ1) is 11.5. The molecule has 0 saturated heterocycles.